The van der Waals surface area contributed by atoms with E-state index in [1.807, 2.05) is 32.0 Å². The molecule has 19 heavy (non-hydrogen) atoms. The van der Waals surface area contributed by atoms with E-state index in [2.05, 4.69) is 5.32 Å². The molecule has 0 aliphatic heterocycles. The Kier molecular flexibility index (Phi) is 5.63. The summed E-state index contributed by atoms with van der Waals surface area (Å²) in [6, 6.07) is 7.28. The second-order valence-corrected chi connectivity index (χ2v) is 5.04. The number of rotatable bonds is 7. The van der Waals surface area contributed by atoms with Crippen molar-refractivity contribution in [2.45, 2.75) is 25.8 Å². The Morgan fingerprint density at radius 1 is 1.37 bits per heavy atom. The van der Waals surface area contributed by atoms with E-state index < -0.39 is 5.54 Å². The molecule has 0 saturated carbocycles. The smallest absolute Gasteiger partial charge is 0.223 e. The minimum absolute atomic E-state index is 0.0681. The molecule has 0 heterocycles. The lowest BCUT2D eigenvalue weighted by Gasteiger charge is -2.18. The van der Waals surface area contributed by atoms with E-state index in [0.717, 1.165) is 5.75 Å². The monoisotopic (exact) mass is 266 g/mol. The van der Waals surface area contributed by atoms with Crippen molar-refractivity contribution >= 4 is 5.91 Å². The molecule has 106 valence electrons. The third kappa shape index (κ3) is 6.67. The van der Waals surface area contributed by atoms with Crippen LogP contribution in [0.4, 0.5) is 0 Å². The first kappa shape index (κ1) is 15.3. The molecule has 0 radical (unpaired) electrons. The number of benzene rings is 1. The summed E-state index contributed by atoms with van der Waals surface area (Å²) in [7, 11) is 1.60. The molecule has 1 aromatic rings. The molecule has 5 nitrogen and oxygen atoms in total. The van der Waals surface area contributed by atoms with E-state index in [1.165, 1.54) is 0 Å². The van der Waals surface area contributed by atoms with Crippen LogP contribution in [0.5, 0.6) is 11.5 Å². The molecule has 0 spiro atoms. The topological polar surface area (TPSA) is 73.6 Å². The maximum absolute atomic E-state index is 11.5. The summed E-state index contributed by atoms with van der Waals surface area (Å²) in [5, 5.41) is 2.76. The van der Waals surface area contributed by atoms with Gasteiger partial charge < -0.3 is 20.5 Å². The zero-order chi connectivity index (χ0) is 14.3. The summed E-state index contributed by atoms with van der Waals surface area (Å²) in [6.45, 7) is 4.50. The zero-order valence-electron chi connectivity index (χ0n) is 11.7. The van der Waals surface area contributed by atoms with Crippen molar-refractivity contribution in [1.29, 1.82) is 0 Å². The first-order valence-corrected chi connectivity index (χ1v) is 6.23. The molecule has 0 atom stereocenters. The Morgan fingerprint density at radius 3 is 2.68 bits per heavy atom. The standard InChI is InChI=1S/C14H22N2O3/c1-14(2,15)10-16-13(17)7-8-19-12-6-4-5-11(9-12)18-3/h4-6,9H,7-8,10,15H2,1-3H3,(H,16,17). The van der Waals surface area contributed by atoms with E-state index in [4.69, 9.17) is 15.2 Å². The molecule has 0 aliphatic rings. The largest absolute Gasteiger partial charge is 0.497 e. The average molecular weight is 266 g/mol. The molecule has 5 heteroatoms. The van der Waals surface area contributed by atoms with E-state index >= 15 is 0 Å². The fourth-order valence-corrected chi connectivity index (χ4v) is 1.37. The SMILES string of the molecule is COc1cccc(OCCC(=O)NCC(C)(C)N)c1. The summed E-state index contributed by atoms with van der Waals surface area (Å²) in [4.78, 5) is 11.5. The number of hydrogen-bond acceptors (Lipinski definition) is 4. The Balaban J connectivity index is 2.28. The summed E-state index contributed by atoms with van der Waals surface area (Å²) in [5.74, 6) is 1.35. The van der Waals surface area contributed by atoms with Crippen LogP contribution in [-0.2, 0) is 4.79 Å². The Morgan fingerprint density at radius 2 is 2.05 bits per heavy atom. The lowest BCUT2D eigenvalue weighted by Crippen LogP contribution is -2.45. The average Bonchev–Trinajstić information content (AvgIpc) is 2.36. The number of nitrogens with two attached hydrogens (primary N) is 1. The van der Waals surface area contributed by atoms with Gasteiger partial charge in [0.05, 0.1) is 20.1 Å². The van der Waals surface area contributed by atoms with Gasteiger partial charge in [-0.15, -0.1) is 0 Å². The van der Waals surface area contributed by atoms with E-state index in [1.54, 1.807) is 13.2 Å². The minimum atomic E-state index is -0.399. The maximum Gasteiger partial charge on any atom is 0.223 e. The number of carbonyl (C=O) groups excluding carboxylic acids is 1. The van der Waals surface area contributed by atoms with Crippen LogP contribution in [0.1, 0.15) is 20.3 Å². The predicted octanol–water partition coefficient (Wildman–Crippen LogP) is 1.32. The van der Waals surface area contributed by atoms with E-state index in [-0.39, 0.29) is 5.91 Å². The summed E-state index contributed by atoms with van der Waals surface area (Å²) >= 11 is 0. The van der Waals surface area contributed by atoms with Crippen molar-refractivity contribution in [2.75, 3.05) is 20.3 Å². The molecule has 1 aromatic carbocycles. The van der Waals surface area contributed by atoms with Gasteiger partial charge in [0.15, 0.2) is 0 Å². The number of ether oxygens (including phenoxy) is 2. The Bertz CT molecular complexity index is 413. The maximum atomic E-state index is 11.5. The number of methoxy groups -OCH3 is 1. The van der Waals surface area contributed by atoms with Crippen molar-refractivity contribution in [1.82, 2.24) is 5.32 Å². The highest BCUT2D eigenvalue weighted by Gasteiger charge is 2.12. The predicted molar refractivity (Wildman–Crippen MR) is 74.4 cm³/mol. The Labute approximate surface area is 114 Å². The molecule has 0 aliphatic carbocycles. The van der Waals surface area contributed by atoms with Gasteiger partial charge in [0.1, 0.15) is 11.5 Å². The van der Waals surface area contributed by atoms with Crippen LogP contribution in [0.15, 0.2) is 24.3 Å². The fraction of sp³-hybridized carbons (Fsp3) is 0.500. The van der Waals surface area contributed by atoms with Crippen LogP contribution in [0.25, 0.3) is 0 Å². The highest BCUT2D eigenvalue weighted by molar-refractivity contribution is 5.76. The molecule has 1 rings (SSSR count). The van der Waals surface area contributed by atoms with Gasteiger partial charge in [-0.1, -0.05) is 6.07 Å². The third-order valence-electron chi connectivity index (χ3n) is 2.38. The van der Waals surface area contributed by atoms with Gasteiger partial charge in [-0.2, -0.15) is 0 Å². The molecule has 0 fully saturated rings. The number of amides is 1. The molecular weight excluding hydrogens is 244 g/mol. The minimum Gasteiger partial charge on any atom is -0.497 e. The zero-order valence-corrected chi connectivity index (χ0v) is 11.7. The quantitative estimate of drug-likeness (QED) is 0.780. The number of hydrogen-bond donors (Lipinski definition) is 2. The van der Waals surface area contributed by atoms with Gasteiger partial charge >= 0.3 is 0 Å². The third-order valence-corrected chi connectivity index (χ3v) is 2.38. The summed E-state index contributed by atoms with van der Waals surface area (Å²) in [6.07, 6.45) is 0.299. The fourth-order valence-electron chi connectivity index (χ4n) is 1.37. The van der Waals surface area contributed by atoms with Crippen LogP contribution < -0.4 is 20.5 Å². The van der Waals surface area contributed by atoms with Crippen molar-refractivity contribution in [3.63, 3.8) is 0 Å². The van der Waals surface area contributed by atoms with Gasteiger partial charge in [0.25, 0.3) is 0 Å². The highest BCUT2D eigenvalue weighted by atomic mass is 16.5. The van der Waals surface area contributed by atoms with Crippen molar-refractivity contribution in [2.24, 2.45) is 5.73 Å². The Hall–Kier alpha value is -1.75. The van der Waals surface area contributed by atoms with Crippen LogP contribution in [0.2, 0.25) is 0 Å². The number of nitrogens with one attached hydrogen (secondary N) is 1. The van der Waals surface area contributed by atoms with E-state index in [0.29, 0.717) is 25.3 Å². The van der Waals surface area contributed by atoms with Crippen molar-refractivity contribution in [3.8, 4) is 11.5 Å². The van der Waals surface area contributed by atoms with Gasteiger partial charge in [-0.05, 0) is 26.0 Å². The molecule has 0 bridgehead atoms. The lowest BCUT2D eigenvalue weighted by molar-refractivity contribution is -0.121. The van der Waals surface area contributed by atoms with Crippen LogP contribution in [0.3, 0.4) is 0 Å². The number of carbonyl (C=O) groups is 1. The second kappa shape index (κ2) is 6.99. The molecule has 0 aromatic heterocycles. The van der Waals surface area contributed by atoms with Crippen LogP contribution in [0, 0.1) is 0 Å². The highest BCUT2D eigenvalue weighted by Crippen LogP contribution is 2.18. The van der Waals surface area contributed by atoms with Crippen molar-refractivity contribution in [3.05, 3.63) is 24.3 Å². The lowest BCUT2D eigenvalue weighted by atomic mass is 10.1. The first-order valence-electron chi connectivity index (χ1n) is 6.23. The van der Waals surface area contributed by atoms with Crippen LogP contribution >= 0.6 is 0 Å². The van der Waals surface area contributed by atoms with Gasteiger partial charge in [-0.25, -0.2) is 0 Å². The molecule has 0 saturated heterocycles. The van der Waals surface area contributed by atoms with Crippen molar-refractivity contribution < 1.29 is 14.3 Å². The normalized spacial score (nSPS) is 10.9. The van der Waals surface area contributed by atoms with Gasteiger partial charge in [-0.3, -0.25) is 4.79 Å². The van der Waals surface area contributed by atoms with Gasteiger partial charge in [0, 0.05) is 18.2 Å². The summed E-state index contributed by atoms with van der Waals surface area (Å²) < 4.78 is 10.6. The van der Waals surface area contributed by atoms with Gasteiger partial charge in [0.2, 0.25) is 5.91 Å². The second-order valence-electron chi connectivity index (χ2n) is 5.04. The molecule has 1 amide bonds. The van der Waals surface area contributed by atoms with E-state index in [9.17, 15) is 4.79 Å². The summed E-state index contributed by atoms with van der Waals surface area (Å²) in [5.41, 5.74) is 5.38. The molecular formula is C14H22N2O3. The van der Waals surface area contributed by atoms with Crippen LogP contribution in [-0.4, -0.2) is 31.7 Å². The molecule has 3 N–H and O–H groups in total. The first-order chi connectivity index (χ1) is 8.90. The molecule has 0 unspecified atom stereocenters.